The lowest BCUT2D eigenvalue weighted by Crippen LogP contribution is -2.47. The Morgan fingerprint density at radius 2 is 1.77 bits per heavy atom. The number of nitrogens with one attached hydrogen (secondary N) is 2. The molecule has 1 aliphatic rings. The number of hydrogen-bond donors (Lipinski definition) is 2. The van der Waals surface area contributed by atoms with Gasteiger partial charge in [-0.25, -0.2) is 4.68 Å². The molecule has 1 atom stereocenters. The Labute approximate surface area is 181 Å². The highest BCUT2D eigenvalue weighted by Gasteiger charge is 2.28. The zero-order valence-electron chi connectivity index (χ0n) is 17.9. The highest BCUT2D eigenvalue weighted by molar-refractivity contribution is 6.02. The van der Waals surface area contributed by atoms with E-state index < -0.39 is 6.04 Å². The van der Waals surface area contributed by atoms with Crippen molar-refractivity contribution in [2.75, 3.05) is 5.32 Å². The lowest BCUT2D eigenvalue weighted by molar-refractivity contribution is -0.118. The van der Waals surface area contributed by atoms with Gasteiger partial charge in [-0.2, -0.15) is 0 Å². The molecule has 2 amide bonds. The van der Waals surface area contributed by atoms with Crippen LogP contribution >= 0.6 is 0 Å². The van der Waals surface area contributed by atoms with E-state index in [2.05, 4.69) is 26.2 Å². The molecule has 2 aromatic carbocycles. The first-order valence-corrected chi connectivity index (χ1v) is 10.5. The van der Waals surface area contributed by atoms with Gasteiger partial charge in [0.25, 0.3) is 5.91 Å². The third kappa shape index (κ3) is 4.63. The van der Waals surface area contributed by atoms with Crippen LogP contribution in [-0.2, 0) is 4.79 Å². The second-order valence-corrected chi connectivity index (χ2v) is 8.25. The van der Waals surface area contributed by atoms with Gasteiger partial charge in [-0.1, -0.05) is 32.0 Å². The molecule has 0 radical (unpaired) electrons. The van der Waals surface area contributed by atoms with Crippen LogP contribution in [0.25, 0.3) is 11.4 Å². The summed E-state index contributed by atoms with van der Waals surface area (Å²) in [6, 6.07) is 14.5. The zero-order valence-corrected chi connectivity index (χ0v) is 17.9. The van der Waals surface area contributed by atoms with Crippen molar-refractivity contribution in [1.29, 1.82) is 0 Å². The minimum atomic E-state index is -0.658. The molecule has 8 heteroatoms. The fourth-order valence-electron chi connectivity index (χ4n) is 3.45. The summed E-state index contributed by atoms with van der Waals surface area (Å²) in [5.74, 6) is 0.142. The van der Waals surface area contributed by atoms with E-state index in [1.54, 1.807) is 6.07 Å². The quantitative estimate of drug-likeness (QED) is 0.612. The molecule has 0 aliphatic heterocycles. The van der Waals surface area contributed by atoms with Gasteiger partial charge >= 0.3 is 0 Å². The van der Waals surface area contributed by atoms with Crippen LogP contribution in [0, 0.1) is 12.8 Å². The first-order valence-electron chi connectivity index (χ1n) is 10.5. The molecule has 1 aromatic heterocycles. The van der Waals surface area contributed by atoms with Crippen LogP contribution in [0.15, 0.2) is 48.5 Å². The third-order valence-electron chi connectivity index (χ3n) is 5.42. The summed E-state index contributed by atoms with van der Waals surface area (Å²) in [5.41, 5.74) is 2.98. The average Bonchev–Trinajstić information content (AvgIpc) is 3.49. The number of carbonyl (C=O) groups excluding carboxylic acids is 2. The van der Waals surface area contributed by atoms with Crippen molar-refractivity contribution in [3.8, 4) is 11.4 Å². The molecule has 3 aromatic rings. The van der Waals surface area contributed by atoms with Gasteiger partial charge in [-0.05, 0) is 72.0 Å². The number of nitrogens with zero attached hydrogens (tertiary/aromatic N) is 4. The van der Waals surface area contributed by atoms with E-state index in [4.69, 9.17) is 0 Å². The van der Waals surface area contributed by atoms with Crippen LogP contribution in [0.1, 0.15) is 48.7 Å². The maximum Gasteiger partial charge on any atom is 0.252 e. The minimum Gasteiger partial charge on any atom is -0.340 e. The van der Waals surface area contributed by atoms with Crippen molar-refractivity contribution in [2.45, 2.75) is 45.7 Å². The number of rotatable bonds is 7. The highest BCUT2D eigenvalue weighted by atomic mass is 16.2. The molecular formula is C23H26N6O2. The molecule has 2 N–H and O–H groups in total. The molecule has 1 fully saturated rings. The topological polar surface area (TPSA) is 102 Å². The standard InChI is InChI=1S/C23H26N6O2/c1-14(2)20(25-22(30)19-7-5-4-6-15(19)3)23(31)24-17-10-8-16(9-11-17)21-26-27-28-29(21)18-12-13-18/h4-11,14,18,20H,12-13H2,1-3H3,(H,24,31)(H,25,30). The summed E-state index contributed by atoms with van der Waals surface area (Å²) in [7, 11) is 0. The SMILES string of the molecule is Cc1ccccc1C(=O)NC(C(=O)Nc1ccc(-c2nnnn2C2CC2)cc1)C(C)C. The molecule has 0 spiro atoms. The molecule has 0 saturated heterocycles. The molecule has 1 aliphatic carbocycles. The lowest BCUT2D eigenvalue weighted by atomic mass is 10.0. The van der Waals surface area contributed by atoms with Gasteiger partial charge in [0.2, 0.25) is 5.91 Å². The molecule has 4 rings (SSSR count). The van der Waals surface area contributed by atoms with Crippen molar-refractivity contribution in [2.24, 2.45) is 5.92 Å². The second kappa shape index (κ2) is 8.67. The highest BCUT2D eigenvalue weighted by Crippen LogP contribution is 2.36. The van der Waals surface area contributed by atoms with Gasteiger partial charge in [0, 0.05) is 16.8 Å². The van der Waals surface area contributed by atoms with Gasteiger partial charge in [0.1, 0.15) is 6.04 Å². The number of anilines is 1. The van der Waals surface area contributed by atoms with Crippen molar-refractivity contribution >= 4 is 17.5 Å². The summed E-state index contributed by atoms with van der Waals surface area (Å²) in [5, 5.41) is 17.8. The van der Waals surface area contributed by atoms with E-state index in [0.29, 0.717) is 17.3 Å². The van der Waals surface area contributed by atoms with Gasteiger partial charge in [-0.3, -0.25) is 9.59 Å². The fraction of sp³-hybridized carbons (Fsp3) is 0.348. The summed E-state index contributed by atoms with van der Waals surface area (Å²) in [4.78, 5) is 25.6. The Kier molecular flexibility index (Phi) is 5.79. The van der Waals surface area contributed by atoms with Gasteiger partial charge in [-0.15, -0.1) is 5.10 Å². The smallest absolute Gasteiger partial charge is 0.252 e. The normalized spacial score (nSPS) is 14.3. The number of amides is 2. The number of carbonyl (C=O) groups is 2. The van der Waals surface area contributed by atoms with E-state index in [1.807, 2.05) is 67.9 Å². The predicted octanol–water partition coefficient (Wildman–Crippen LogP) is 3.38. The van der Waals surface area contributed by atoms with Crippen molar-refractivity contribution in [1.82, 2.24) is 25.5 Å². The maximum atomic E-state index is 12.9. The lowest BCUT2D eigenvalue weighted by Gasteiger charge is -2.22. The largest absolute Gasteiger partial charge is 0.340 e. The Morgan fingerprint density at radius 1 is 1.06 bits per heavy atom. The Bertz CT molecular complexity index is 1090. The number of aromatic nitrogens is 4. The van der Waals surface area contributed by atoms with Crippen molar-refractivity contribution < 1.29 is 9.59 Å². The van der Waals surface area contributed by atoms with Crippen LogP contribution in [-0.4, -0.2) is 38.1 Å². The molecule has 1 saturated carbocycles. The first-order chi connectivity index (χ1) is 14.9. The van der Waals surface area contributed by atoms with Crippen LogP contribution in [0.5, 0.6) is 0 Å². The van der Waals surface area contributed by atoms with Crippen LogP contribution in [0.4, 0.5) is 5.69 Å². The van der Waals surface area contributed by atoms with Crippen LogP contribution in [0.2, 0.25) is 0 Å². The van der Waals surface area contributed by atoms with Gasteiger partial charge in [0.15, 0.2) is 5.82 Å². The molecule has 31 heavy (non-hydrogen) atoms. The average molecular weight is 419 g/mol. The number of hydrogen-bond acceptors (Lipinski definition) is 5. The number of aryl methyl sites for hydroxylation is 1. The minimum absolute atomic E-state index is 0.0737. The van der Waals surface area contributed by atoms with Crippen LogP contribution in [0.3, 0.4) is 0 Å². The van der Waals surface area contributed by atoms with Crippen LogP contribution < -0.4 is 10.6 Å². The summed E-state index contributed by atoms with van der Waals surface area (Å²) in [6.45, 7) is 5.69. The molecule has 160 valence electrons. The molecule has 1 unspecified atom stereocenters. The van der Waals surface area contributed by atoms with E-state index in [-0.39, 0.29) is 17.7 Å². The van der Waals surface area contributed by atoms with Gasteiger partial charge in [0.05, 0.1) is 6.04 Å². The first kappa shape index (κ1) is 20.7. The van der Waals surface area contributed by atoms with Crippen molar-refractivity contribution in [3.63, 3.8) is 0 Å². The molecular weight excluding hydrogens is 392 g/mol. The molecule has 0 bridgehead atoms. The molecule has 1 heterocycles. The summed E-state index contributed by atoms with van der Waals surface area (Å²) in [6.07, 6.45) is 2.19. The predicted molar refractivity (Wildman–Crippen MR) is 117 cm³/mol. The van der Waals surface area contributed by atoms with E-state index >= 15 is 0 Å². The Balaban J connectivity index is 1.44. The number of benzene rings is 2. The maximum absolute atomic E-state index is 12.9. The summed E-state index contributed by atoms with van der Waals surface area (Å²) < 4.78 is 1.85. The van der Waals surface area contributed by atoms with E-state index in [1.165, 1.54) is 0 Å². The van der Waals surface area contributed by atoms with E-state index in [9.17, 15) is 9.59 Å². The third-order valence-corrected chi connectivity index (χ3v) is 5.42. The van der Waals surface area contributed by atoms with Gasteiger partial charge < -0.3 is 10.6 Å². The monoisotopic (exact) mass is 418 g/mol. The van der Waals surface area contributed by atoms with E-state index in [0.717, 1.165) is 29.8 Å². The summed E-state index contributed by atoms with van der Waals surface area (Å²) >= 11 is 0. The number of tetrazole rings is 1. The Morgan fingerprint density at radius 3 is 2.42 bits per heavy atom. The fourth-order valence-corrected chi connectivity index (χ4v) is 3.45. The molecule has 8 nitrogen and oxygen atoms in total. The Hall–Kier alpha value is -3.55. The second-order valence-electron chi connectivity index (χ2n) is 8.25. The zero-order chi connectivity index (χ0) is 22.0. The van der Waals surface area contributed by atoms with Crippen molar-refractivity contribution in [3.05, 3.63) is 59.7 Å².